The summed E-state index contributed by atoms with van der Waals surface area (Å²) in [6.07, 6.45) is 0. The summed E-state index contributed by atoms with van der Waals surface area (Å²) in [6, 6.07) is 16.1. The zero-order valence-corrected chi connectivity index (χ0v) is 13.1. The van der Waals surface area contributed by atoms with Crippen LogP contribution in [0.2, 0.25) is 0 Å². The molecule has 3 nitrogen and oxygen atoms in total. The molecule has 23 heavy (non-hydrogen) atoms. The maximum Gasteiger partial charge on any atom is 0.338 e. The Morgan fingerprint density at radius 1 is 1.04 bits per heavy atom. The van der Waals surface area contributed by atoms with Crippen molar-refractivity contribution in [1.82, 2.24) is 0 Å². The highest BCUT2D eigenvalue weighted by molar-refractivity contribution is 6.08. The minimum absolute atomic E-state index is 0.241. The number of hydrogen-bond acceptors (Lipinski definition) is 3. The average molecular weight is 304 g/mol. The number of esters is 1. The van der Waals surface area contributed by atoms with Crippen molar-refractivity contribution in [2.24, 2.45) is 0 Å². The summed E-state index contributed by atoms with van der Waals surface area (Å²) >= 11 is 0. The smallest absolute Gasteiger partial charge is 0.338 e. The van der Waals surface area contributed by atoms with E-state index in [4.69, 9.17) is 9.47 Å². The van der Waals surface area contributed by atoms with Crippen LogP contribution in [0.3, 0.4) is 0 Å². The SMILES string of the molecule is COc1cc(C)c2cc3c(c(-c4ccccc4)c2c1)COC3=O. The van der Waals surface area contributed by atoms with Crippen LogP contribution in [0.15, 0.2) is 48.5 Å². The van der Waals surface area contributed by atoms with Gasteiger partial charge in [-0.1, -0.05) is 30.3 Å². The lowest BCUT2D eigenvalue weighted by Crippen LogP contribution is -1.97. The molecule has 0 N–H and O–H groups in total. The fourth-order valence-electron chi connectivity index (χ4n) is 3.29. The minimum atomic E-state index is -0.241. The molecular formula is C20H16O3. The van der Waals surface area contributed by atoms with E-state index in [0.29, 0.717) is 12.2 Å². The van der Waals surface area contributed by atoms with Gasteiger partial charge in [-0.2, -0.15) is 0 Å². The fraction of sp³-hybridized carbons (Fsp3) is 0.150. The molecule has 0 unspecified atom stereocenters. The molecule has 3 aromatic rings. The number of cyclic esters (lactones) is 1. The average Bonchev–Trinajstić information content (AvgIpc) is 2.94. The van der Waals surface area contributed by atoms with Gasteiger partial charge in [-0.3, -0.25) is 0 Å². The summed E-state index contributed by atoms with van der Waals surface area (Å²) in [7, 11) is 1.67. The second-order valence-electron chi connectivity index (χ2n) is 5.76. The lowest BCUT2D eigenvalue weighted by atomic mass is 9.89. The van der Waals surface area contributed by atoms with E-state index in [1.54, 1.807) is 7.11 Å². The van der Waals surface area contributed by atoms with Gasteiger partial charge < -0.3 is 9.47 Å². The third-order valence-corrected chi connectivity index (χ3v) is 4.41. The first-order valence-corrected chi connectivity index (χ1v) is 7.56. The fourth-order valence-corrected chi connectivity index (χ4v) is 3.29. The highest BCUT2D eigenvalue weighted by Gasteiger charge is 2.27. The van der Waals surface area contributed by atoms with E-state index in [-0.39, 0.29) is 5.97 Å². The van der Waals surface area contributed by atoms with Crippen molar-refractivity contribution in [3.05, 3.63) is 65.2 Å². The number of fused-ring (bicyclic) bond motifs is 2. The number of ether oxygens (including phenoxy) is 2. The Morgan fingerprint density at radius 3 is 2.57 bits per heavy atom. The van der Waals surface area contributed by atoms with Crippen molar-refractivity contribution >= 4 is 16.7 Å². The van der Waals surface area contributed by atoms with Crippen molar-refractivity contribution in [2.45, 2.75) is 13.5 Å². The van der Waals surface area contributed by atoms with Gasteiger partial charge in [0.25, 0.3) is 0 Å². The second kappa shape index (κ2) is 5.13. The lowest BCUT2D eigenvalue weighted by molar-refractivity contribution is 0.0535. The third-order valence-electron chi connectivity index (χ3n) is 4.41. The van der Waals surface area contributed by atoms with E-state index in [1.165, 1.54) is 0 Å². The monoisotopic (exact) mass is 304 g/mol. The van der Waals surface area contributed by atoms with Crippen LogP contribution in [-0.4, -0.2) is 13.1 Å². The minimum Gasteiger partial charge on any atom is -0.497 e. The number of carbonyl (C=O) groups is 1. The predicted molar refractivity (Wildman–Crippen MR) is 89.8 cm³/mol. The van der Waals surface area contributed by atoms with E-state index in [9.17, 15) is 4.79 Å². The van der Waals surface area contributed by atoms with E-state index in [1.807, 2.05) is 43.3 Å². The van der Waals surface area contributed by atoms with Gasteiger partial charge >= 0.3 is 5.97 Å². The van der Waals surface area contributed by atoms with Crippen LogP contribution in [0.25, 0.3) is 21.9 Å². The van der Waals surface area contributed by atoms with Gasteiger partial charge in [0.1, 0.15) is 12.4 Å². The molecule has 114 valence electrons. The Hall–Kier alpha value is -2.81. The summed E-state index contributed by atoms with van der Waals surface area (Å²) in [5.74, 6) is 0.576. The second-order valence-corrected chi connectivity index (χ2v) is 5.76. The molecule has 0 fully saturated rings. The van der Waals surface area contributed by atoms with Crippen LogP contribution in [0.1, 0.15) is 21.5 Å². The Balaban J connectivity index is 2.17. The van der Waals surface area contributed by atoms with Gasteiger partial charge in [0.2, 0.25) is 0 Å². The zero-order valence-electron chi connectivity index (χ0n) is 13.1. The highest BCUT2D eigenvalue weighted by Crippen LogP contribution is 2.40. The van der Waals surface area contributed by atoms with Crippen molar-refractivity contribution in [3.8, 4) is 16.9 Å². The van der Waals surface area contributed by atoms with Crippen LogP contribution >= 0.6 is 0 Å². The number of aryl methyl sites for hydroxylation is 1. The topological polar surface area (TPSA) is 35.5 Å². The summed E-state index contributed by atoms with van der Waals surface area (Å²) in [5.41, 5.74) is 4.86. The Kier molecular flexibility index (Phi) is 3.08. The summed E-state index contributed by atoms with van der Waals surface area (Å²) in [5, 5.41) is 2.15. The number of rotatable bonds is 2. The van der Waals surface area contributed by atoms with E-state index >= 15 is 0 Å². The summed E-state index contributed by atoms with van der Waals surface area (Å²) in [6.45, 7) is 2.36. The molecule has 0 spiro atoms. The van der Waals surface area contributed by atoms with Crippen molar-refractivity contribution < 1.29 is 14.3 Å². The standard InChI is InChI=1S/C20H16O3/c1-12-8-14(22-2)9-16-15(12)10-17-18(11-23-20(17)21)19(16)13-6-4-3-5-7-13/h3-10H,11H2,1-2H3. The first kappa shape index (κ1) is 13.8. The van der Waals surface area contributed by atoms with Crippen molar-refractivity contribution in [2.75, 3.05) is 7.11 Å². The van der Waals surface area contributed by atoms with Gasteiger partial charge in [-0.15, -0.1) is 0 Å². The molecular weight excluding hydrogens is 288 g/mol. The van der Waals surface area contributed by atoms with Crippen LogP contribution in [-0.2, 0) is 11.3 Å². The van der Waals surface area contributed by atoms with Gasteiger partial charge in [-0.25, -0.2) is 4.79 Å². The molecule has 1 heterocycles. The number of carbonyl (C=O) groups excluding carboxylic acids is 1. The van der Waals surface area contributed by atoms with Crippen molar-refractivity contribution in [1.29, 1.82) is 0 Å². The van der Waals surface area contributed by atoms with Crippen molar-refractivity contribution in [3.63, 3.8) is 0 Å². The van der Waals surface area contributed by atoms with Crippen LogP contribution < -0.4 is 4.74 Å². The van der Waals surface area contributed by atoms with E-state index in [0.717, 1.165) is 38.8 Å². The first-order chi connectivity index (χ1) is 11.2. The Bertz CT molecular complexity index is 927. The molecule has 0 amide bonds. The quantitative estimate of drug-likeness (QED) is 0.654. The summed E-state index contributed by atoms with van der Waals surface area (Å²) in [4.78, 5) is 12.1. The largest absolute Gasteiger partial charge is 0.497 e. The third kappa shape index (κ3) is 2.08. The predicted octanol–water partition coefficient (Wildman–Crippen LogP) is 4.49. The summed E-state index contributed by atoms with van der Waals surface area (Å²) < 4.78 is 10.7. The molecule has 0 aromatic heterocycles. The van der Waals surface area contributed by atoms with Crippen LogP contribution in [0, 0.1) is 6.92 Å². The maximum absolute atomic E-state index is 12.1. The Labute approximate surface area is 134 Å². The van der Waals surface area contributed by atoms with Gasteiger partial charge in [0.15, 0.2) is 0 Å². The first-order valence-electron chi connectivity index (χ1n) is 7.56. The normalized spacial score (nSPS) is 13.0. The maximum atomic E-state index is 12.1. The van der Waals surface area contributed by atoms with Gasteiger partial charge in [0.05, 0.1) is 12.7 Å². The number of methoxy groups -OCH3 is 1. The molecule has 0 atom stereocenters. The molecule has 1 aliphatic rings. The number of benzene rings is 3. The van der Waals surface area contributed by atoms with E-state index in [2.05, 4.69) is 12.1 Å². The molecule has 0 aliphatic carbocycles. The molecule has 3 heteroatoms. The van der Waals surface area contributed by atoms with Gasteiger partial charge in [0, 0.05) is 5.56 Å². The molecule has 1 aliphatic heterocycles. The zero-order chi connectivity index (χ0) is 16.0. The van der Waals surface area contributed by atoms with Crippen LogP contribution in [0.4, 0.5) is 0 Å². The number of hydrogen-bond donors (Lipinski definition) is 0. The molecule has 0 radical (unpaired) electrons. The highest BCUT2D eigenvalue weighted by atomic mass is 16.5. The van der Waals surface area contributed by atoms with Gasteiger partial charge in [-0.05, 0) is 52.6 Å². The molecule has 0 saturated heterocycles. The molecule has 4 rings (SSSR count). The molecule has 0 saturated carbocycles. The lowest BCUT2D eigenvalue weighted by Gasteiger charge is -2.14. The molecule has 3 aromatic carbocycles. The van der Waals surface area contributed by atoms with Crippen LogP contribution in [0.5, 0.6) is 5.75 Å². The Morgan fingerprint density at radius 2 is 1.83 bits per heavy atom. The van der Waals surface area contributed by atoms with E-state index < -0.39 is 0 Å². The molecule has 0 bridgehead atoms.